The number of fused-ring (bicyclic) bond motifs is 14. The molecule has 79 heavy (non-hydrogen) atoms. The van der Waals surface area contributed by atoms with Gasteiger partial charge in [0, 0.05) is 77.6 Å². The van der Waals surface area contributed by atoms with Gasteiger partial charge in [-0.25, -0.2) is 0 Å². The quantitative estimate of drug-likeness (QED) is 0.101. The second kappa shape index (κ2) is 19.1. The summed E-state index contributed by atoms with van der Waals surface area (Å²) < 4.78 is 9.83. The lowest BCUT2D eigenvalue weighted by Crippen LogP contribution is -2.03. The van der Waals surface area contributed by atoms with Crippen molar-refractivity contribution < 1.29 is 0 Å². The van der Waals surface area contributed by atoms with Crippen LogP contribution in [0.5, 0.6) is 0 Å². The molecule has 1 fully saturated rings. The van der Waals surface area contributed by atoms with Crippen LogP contribution in [0.25, 0.3) is 127 Å². The molecule has 0 amide bonds. The lowest BCUT2D eigenvalue weighted by molar-refractivity contribution is 0.895. The minimum absolute atomic E-state index is 0.524. The van der Waals surface area contributed by atoms with Crippen LogP contribution in [0.2, 0.25) is 0 Å². The number of aromatic nitrogens is 4. The predicted molar refractivity (Wildman–Crippen MR) is 336 cm³/mol. The molecule has 2 aliphatic rings. The fraction of sp³-hybridized carbons (Fsp3) is 0.0933. The fourth-order valence-corrected chi connectivity index (χ4v) is 13.0. The van der Waals surface area contributed by atoms with Gasteiger partial charge >= 0.3 is 0 Å². The highest BCUT2D eigenvalue weighted by Gasteiger charge is 2.43. The fourth-order valence-electron chi connectivity index (χ4n) is 13.0. The number of para-hydroxylation sites is 5. The van der Waals surface area contributed by atoms with Crippen LogP contribution < -0.4 is 0 Å². The zero-order valence-electron chi connectivity index (χ0n) is 44.5. The van der Waals surface area contributed by atoms with Gasteiger partial charge in [-0.05, 0) is 170 Å². The molecule has 4 heteroatoms. The Hall–Kier alpha value is -9.64. The van der Waals surface area contributed by atoms with E-state index in [1.165, 1.54) is 146 Å². The van der Waals surface area contributed by atoms with Crippen LogP contribution in [-0.4, -0.2) is 18.3 Å². The van der Waals surface area contributed by atoms with Gasteiger partial charge in [-0.1, -0.05) is 158 Å². The molecular formula is C75H58N4. The van der Waals surface area contributed by atoms with Crippen LogP contribution in [0.15, 0.2) is 261 Å². The third-order valence-electron chi connectivity index (χ3n) is 16.8. The highest BCUT2D eigenvalue weighted by Crippen LogP contribution is 2.56. The maximum absolute atomic E-state index is 2.58. The molecule has 0 bridgehead atoms. The molecule has 10 aromatic carbocycles. The Bertz CT molecular complexity index is 4770. The molecule has 0 N–H and O–H groups in total. The summed E-state index contributed by atoms with van der Waals surface area (Å²) in [6.07, 6.45) is 17.0. The van der Waals surface area contributed by atoms with Crippen LogP contribution in [0.4, 0.5) is 0 Å². The Balaban J connectivity index is 0.000000631. The highest BCUT2D eigenvalue weighted by molar-refractivity contribution is 6.14. The van der Waals surface area contributed by atoms with Gasteiger partial charge in [-0.15, -0.1) is 0 Å². The Labute approximate surface area is 460 Å². The third kappa shape index (κ3) is 7.73. The molecule has 2 unspecified atom stereocenters. The Morgan fingerprint density at radius 2 is 0.709 bits per heavy atom. The van der Waals surface area contributed by atoms with Crippen molar-refractivity contribution in [3.63, 3.8) is 0 Å². The monoisotopic (exact) mass is 1010 g/mol. The van der Waals surface area contributed by atoms with Crippen molar-refractivity contribution in [2.24, 2.45) is 5.92 Å². The Morgan fingerprint density at radius 3 is 1.16 bits per heavy atom. The van der Waals surface area contributed by atoms with Crippen LogP contribution >= 0.6 is 0 Å². The average molecular weight is 1020 g/mol. The van der Waals surface area contributed by atoms with E-state index in [2.05, 4.69) is 299 Å². The second-order valence-electron chi connectivity index (χ2n) is 21.4. The normalized spacial score (nSPS) is 14.9. The van der Waals surface area contributed by atoms with E-state index in [0.29, 0.717) is 11.8 Å². The summed E-state index contributed by atoms with van der Waals surface area (Å²) in [5.41, 5.74) is 20.9. The van der Waals surface area contributed by atoms with Crippen molar-refractivity contribution >= 4 is 82.4 Å². The van der Waals surface area contributed by atoms with Gasteiger partial charge in [0.25, 0.3) is 0 Å². The van der Waals surface area contributed by atoms with Gasteiger partial charge in [0.05, 0.1) is 38.6 Å². The summed E-state index contributed by atoms with van der Waals surface area (Å²) in [5, 5.41) is 8.87. The number of unbranched alkanes of at least 4 members (excludes halogenated alkanes) is 1. The van der Waals surface area contributed by atoms with Gasteiger partial charge in [0.1, 0.15) is 0 Å². The van der Waals surface area contributed by atoms with Crippen molar-refractivity contribution in [3.05, 3.63) is 272 Å². The minimum Gasteiger partial charge on any atom is -0.313 e. The molecule has 0 aliphatic heterocycles. The number of hydrogen-bond donors (Lipinski definition) is 0. The molecule has 16 rings (SSSR count). The van der Waals surface area contributed by atoms with E-state index < -0.39 is 0 Å². The first-order valence-corrected chi connectivity index (χ1v) is 28.0. The van der Waals surface area contributed by atoms with Gasteiger partial charge in [-0.2, -0.15) is 0 Å². The summed E-state index contributed by atoms with van der Waals surface area (Å²) >= 11 is 0. The molecule has 0 radical (unpaired) electrons. The molecule has 1 saturated carbocycles. The van der Waals surface area contributed by atoms with Gasteiger partial charge in [-0.3, -0.25) is 0 Å². The number of rotatable bonds is 9. The predicted octanol–water partition coefficient (Wildman–Crippen LogP) is 20.3. The standard InChI is InChI=1S/C67H44N4.C8H14/c1-3-14-47(15-4-1)68-60-23-10-7-20-51(60)56-36-42(27-32-63(56)68)43-29-34-65-58(38-43)53-22-9-12-25-62(53)70(65)49-18-13-19-50(41-49)71-66-35-30-45(39-59(66)54-31-26-46-40-55(46)67(54)71)44-28-33-64-57(37-44)52-21-8-11-24-61(52)69(64)48-16-5-2-6-17-48;1-3-5-7-8-6-4-2/h1-39,41,46,55H,40H2;3-6H,7-8H2,1-2H3/b;5-3-,6-4-. The molecule has 378 valence electrons. The number of nitrogens with zero attached hydrogens (tertiary/aromatic N) is 4. The summed E-state index contributed by atoms with van der Waals surface area (Å²) in [4.78, 5) is 0. The average Bonchev–Trinajstić information content (AvgIpc) is 4.05. The van der Waals surface area contributed by atoms with Crippen LogP contribution in [-0.2, 0) is 0 Å². The molecule has 2 atom stereocenters. The first kappa shape index (κ1) is 46.6. The first-order chi connectivity index (χ1) is 39.1. The minimum atomic E-state index is 0.524. The Kier molecular flexibility index (Phi) is 11.3. The molecule has 0 saturated heterocycles. The number of allylic oxidation sites excluding steroid dienone is 5. The summed E-state index contributed by atoms with van der Waals surface area (Å²) in [6.45, 7) is 4.10. The van der Waals surface area contributed by atoms with Crippen molar-refractivity contribution in [1.29, 1.82) is 0 Å². The van der Waals surface area contributed by atoms with Crippen LogP contribution in [0.1, 0.15) is 50.3 Å². The van der Waals surface area contributed by atoms with E-state index in [-0.39, 0.29) is 0 Å². The van der Waals surface area contributed by atoms with E-state index in [4.69, 9.17) is 0 Å². The zero-order chi connectivity index (χ0) is 52.6. The van der Waals surface area contributed by atoms with Crippen LogP contribution in [0, 0.1) is 5.92 Å². The SMILES string of the molecule is C/C=C\CC/C=C\C.C1=CC2CC2c2c1c1cc(-c3ccc4c(c3)c3ccccc3n4-c3ccccc3)ccc1n2-c1cccc(-n2c3ccccc3c3cc(-c4ccc5c(c4)c4ccccc4n5-c4ccccc4)ccc32)c1. The molecular weight excluding hydrogens is 957 g/mol. The summed E-state index contributed by atoms with van der Waals surface area (Å²) in [7, 11) is 0. The first-order valence-electron chi connectivity index (χ1n) is 28.0. The van der Waals surface area contributed by atoms with E-state index in [1.807, 2.05) is 0 Å². The number of hydrogen-bond acceptors (Lipinski definition) is 0. The van der Waals surface area contributed by atoms with Crippen molar-refractivity contribution in [3.8, 4) is 45.0 Å². The summed E-state index contributed by atoms with van der Waals surface area (Å²) in [5.74, 6) is 1.13. The third-order valence-corrected chi connectivity index (χ3v) is 16.8. The van der Waals surface area contributed by atoms with Crippen molar-refractivity contribution in [2.45, 2.75) is 39.0 Å². The van der Waals surface area contributed by atoms with Gasteiger partial charge in [0.15, 0.2) is 0 Å². The molecule has 2 aliphatic carbocycles. The summed E-state index contributed by atoms with van der Waals surface area (Å²) in [6, 6.07) is 85.3. The van der Waals surface area contributed by atoms with E-state index >= 15 is 0 Å². The zero-order valence-corrected chi connectivity index (χ0v) is 44.5. The molecule has 4 heterocycles. The van der Waals surface area contributed by atoms with Gasteiger partial charge in [0.2, 0.25) is 0 Å². The van der Waals surface area contributed by atoms with Crippen molar-refractivity contribution in [1.82, 2.24) is 18.3 Å². The second-order valence-corrected chi connectivity index (χ2v) is 21.4. The largest absolute Gasteiger partial charge is 0.313 e. The molecule has 0 spiro atoms. The highest BCUT2D eigenvalue weighted by atomic mass is 15.0. The number of benzene rings is 10. The van der Waals surface area contributed by atoms with Crippen LogP contribution in [0.3, 0.4) is 0 Å². The van der Waals surface area contributed by atoms with E-state index in [0.717, 1.165) is 5.69 Å². The molecule has 4 aromatic heterocycles. The lowest BCUT2D eigenvalue weighted by atomic mass is 9.98. The molecule has 14 aromatic rings. The maximum atomic E-state index is 2.58. The van der Waals surface area contributed by atoms with E-state index in [9.17, 15) is 0 Å². The molecule has 4 nitrogen and oxygen atoms in total. The topological polar surface area (TPSA) is 19.7 Å². The lowest BCUT2D eigenvalue weighted by Gasteiger charge is -2.16. The smallest absolute Gasteiger partial charge is 0.0541 e. The van der Waals surface area contributed by atoms with E-state index in [1.54, 1.807) is 0 Å². The maximum Gasteiger partial charge on any atom is 0.0541 e. The van der Waals surface area contributed by atoms with Gasteiger partial charge < -0.3 is 18.3 Å². The van der Waals surface area contributed by atoms with Crippen molar-refractivity contribution in [2.75, 3.05) is 0 Å². The Morgan fingerprint density at radius 1 is 0.342 bits per heavy atom.